The van der Waals surface area contributed by atoms with E-state index in [-0.39, 0.29) is 18.8 Å². The van der Waals surface area contributed by atoms with Crippen LogP contribution in [-0.2, 0) is 17.9 Å². The van der Waals surface area contributed by atoms with Crippen LogP contribution in [0.5, 0.6) is 5.75 Å². The summed E-state index contributed by atoms with van der Waals surface area (Å²) in [5.41, 5.74) is 0.305. The van der Waals surface area contributed by atoms with Gasteiger partial charge >= 0.3 is 12.1 Å². The number of nitrogens with one attached hydrogen (secondary N) is 1. The Balaban J connectivity index is 1.57. The van der Waals surface area contributed by atoms with E-state index in [0.29, 0.717) is 11.3 Å². The van der Waals surface area contributed by atoms with E-state index in [1.165, 1.54) is 42.7 Å². The molecule has 1 amide bonds. The smallest absolute Gasteiger partial charge is 0.406 e. The van der Waals surface area contributed by atoms with Crippen molar-refractivity contribution in [2.45, 2.75) is 19.5 Å². The first-order valence-corrected chi connectivity index (χ1v) is 8.23. The van der Waals surface area contributed by atoms with Crippen LogP contribution >= 0.6 is 0 Å². The Hall–Kier alpha value is -3.63. The number of carbonyl (C=O) groups excluding carboxylic acids is 1. The summed E-state index contributed by atoms with van der Waals surface area (Å²) in [6, 6.07) is 10.1. The first-order valence-electron chi connectivity index (χ1n) is 8.23. The molecule has 29 heavy (non-hydrogen) atoms. The van der Waals surface area contributed by atoms with E-state index < -0.39 is 23.8 Å². The zero-order valence-corrected chi connectivity index (χ0v) is 14.7. The summed E-state index contributed by atoms with van der Waals surface area (Å²) in [4.78, 5) is 24.4. The minimum atomic E-state index is -4.78. The molecule has 1 N–H and O–H groups in total. The highest BCUT2D eigenvalue weighted by molar-refractivity contribution is 5.75. The summed E-state index contributed by atoms with van der Waals surface area (Å²) in [6.45, 7) is -0.263. The number of alkyl halides is 3. The van der Waals surface area contributed by atoms with Crippen LogP contribution in [0.3, 0.4) is 0 Å². The summed E-state index contributed by atoms with van der Waals surface area (Å²) < 4.78 is 55.2. The molecule has 1 heterocycles. The number of amides is 1. The third kappa shape index (κ3) is 5.43. The molecule has 0 aliphatic carbocycles. The Bertz CT molecular complexity index is 1040. The van der Waals surface area contributed by atoms with Gasteiger partial charge in [0.25, 0.3) is 0 Å². The Morgan fingerprint density at radius 2 is 1.72 bits per heavy atom. The van der Waals surface area contributed by atoms with E-state index >= 15 is 0 Å². The summed E-state index contributed by atoms with van der Waals surface area (Å²) in [6.07, 6.45) is -3.60. The van der Waals surface area contributed by atoms with E-state index in [0.717, 1.165) is 21.4 Å². The fourth-order valence-corrected chi connectivity index (χ4v) is 2.42. The second-order valence-corrected chi connectivity index (χ2v) is 5.90. The second-order valence-electron chi connectivity index (χ2n) is 5.90. The molecule has 0 saturated heterocycles. The predicted octanol–water partition coefficient (Wildman–Crippen LogP) is 2.39. The van der Waals surface area contributed by atoms with Gasteiger partial charge in [-0.25, -0.2) is 9.18 Å². The summed E-state index contributed by atoms with van der Waals surface area (Å²) in [7, 11) is 0. The highest BCUT2D eigenvalue weighted by Crippen LogP contribution is 2.22. The average molecular weight is 410 g/mol. The Labute approximate surface area is 161 Å². The third-order valence-corrected chi connectivity index (χ3v) is 3.77. The van der Waals surface area contributed by atoms with Crippen LogP contribution in [-0.4, -0.2) is 26.6 Å². The standard InChI is InChI=1S/C18H14F4N4O3/c19-13-3-5-14(6-4-13)26-17(28)25(11-24-26)10-16(27)23-9-12-1-7-15(8-2-12)29-18(20,21)22/h1-8,11H,9-10H2,(H,23,27). The van der Waals surface area contributed by atoms with Crippen molar-refractivity contribution in [3.63, 3.8) is 0 Å². The number of benzene rings is 2. The summed E-state index contributed by atoms with van der Waals surface area (Å²) in [5, 5.41) is 6.44. The van der Waals surface area contributed by atoms with Crippen LogP contribution in [0.25, 0.3) is 5.69 Å². The fourth-order valence-electron chi connectivity index (χ4n) is 2.42. The lowest BCUT2D eigenvalue weighted by molar-refractivity contribution is -0.274. The van der Waals surface area contributed by atoms with Crippen LogP contribution in [0.2, 0.25) is 0 Å². The Kier molecular flexibility index (Phi) is 5.66. The Morgan fingerprint density at radius 3 is 2.34 bits per heavy atom. The van der Waals surface area contributed by atoms with Crippen LogP contribution in [0.4, 0.5) is 17.6 Å². The van der Waals surface area contributed by atoms with Gasteiger partial charge in [-0.05, 0) is 42.0 Å². The van der Waals surface area contributed by atoms with Crippen LogP contribution in [0, 0.1) is 5.82 Å². The molecule has 11 heteroatoms. The zero-order valence-electron chi connectivity index (χ0n) is 14.7. The SMILES string of the molecule is O=C(Cn1cnn(-c2ccc(F)cc2)c1=O)NCc1ccc(OC(F)(F)F)cc1. The maximum absolute atomic E-state index is 13.0. The topological polar surface area (TPSA) is 78.2 Å². The number of carbonyl (C=O) groups is 1. The lowest BCUT2D eigenvalue weighted by atomic mass is 10.2. The molecule has 0 aliphatic heterocycles. The van der Waals surface area contributed by atoms with Gasteiger partial charge in [0.1, 0.15) is 24.4 Å². The molecule has 0 spiro atoms. The van der Waals surface area contributed by atoms with Gasteiger partial charge in [0.15, 0.2) is 0 Å². The van der Waals surface area contributed by atoms with Gasteiger partial charge in [0, 0.05) is 6.54 Å². The lowest BCUT2D eigenvalue weighted by Crippen LogP contribution is -2.32. The first kappa shape index (κ1) is 20.1. The van der Waals surface area contributed by atoms with Gasteiger partial charge in [0.2, 0.25) is 5.91 Å². The molecule has 0 saturated carbocycles. The molecular weight excluding hydrogens is 396 g/mol. The van der Waals surface area contributed by atoms with Crippen LogP contribution in [0.15, 0.2) is 59.7 Å². The second kappa shape index (κ2) is 8.17. The number of rotatable bonds is 6. The number of aromatic nitrogens is 3. The van der Waals surface area contributed by atoms with E-state index in [1.54, 1.807) is 0 Å². The van der Waals surface area contributed by atoms with Gasteiger partial charge in [-0.3, -0.25) is 9.36 Å². The van der Waals surface area contributed by atoms with Crippen LogP contribution in [0.1, 0.15) is 5.56 Å². The number of hydrogen-bond acceptors (Lipinski definition) is 4. The largest absolute Gasteiger partial charge is 0.573 e. The molecular formula is C18H14F4N4O3. The molecule has 3 rings (SSSR count). The van der Waals surface area contributed by atoms with Gasteiger partial charge in [-0.15, -0.1) is 13.2 Å². The van der Waals surface area contributed by atoms with Gasteiger partial charge in [-0.2, -0.15) is 9.78 Å². The highest BCUT2D eigenvalue weighted by Gasteiger charge is 2.30. The van der Waals surface area contributed by atoms with Crippen molar-refractivity contribution in [3.05, 3.63) is 76.7 Å². The molecule has 2 aromatic carbocycles. The van der Waals surface area contributed by atoms with Crippen molar-refractivity contribution in [2.75, 3.05) is 0 Å². The molecule has 152 valence electrons. The molecule has 0 aliphatic rings. The Morgan fingerprint density at radius 1 is 1.07 bits per heavy atom. The molecule has 0 bridgehead atoms. The maximum atomic E-state index is 13.0. The number of halogens is 4. The minimum Gasteiger partial charge on any atom is -0.406 e. The molecule has 0 atom stereocenters. The predicted molar refractivity (Wildman–Crippen MR) is 92.8 cm³/mol. The molecule has 7 nitrogen and oxygen atoms in total. The van der Waals surface area contributed by atoms with Gasteiger partial charge in [0.05, 0.1) is 5.69 Å². The molecule has 0 radical (unpaired) electrons. The maximum Gasteiger partial charge on any atom is 0.573 e. The lowest BCUT2D eigenvalue weighted by Gasteiger charge is -2.09. The van der Waals surface area contributed by atoms with Crippen molar-refractivity contribution in [1.82, 2.24) is 19.7 Å². The zero-order chi connectivity index (χ0) is 21.0. The molecule has 3 aromatic rings. The van der Waals surface area contributed by atoms with Crippen molar-refractivity contribution in [3.8, 4) is 11.4 Å². The van der Waals surface area contributed by atoms with Crippen LogP contribution < -0.4 is 15.7 Å². The van der Waals surface area contributed by atoms with Gasteiger partial charge < -0.3 is 10.1 Å². The molecule has 0 fully saturated rings. The van der Waals surface area contributed by atoms with Gasteiger partial charge in [-0.1, -0.05) is 12.1 Å². The monoisotopic (exact) mass is 410 g/mol. The van der Waals surface area contributed by atoms with E-state index in [1.807, 2.05) is 0 Å². The number of nitrogens with zero attached hydrogens (tertiary/aromatic N) is 3. The summed E-state index contributed by atoms with van der Waals surface area (Å²) in [5.74, 6) is -1.33. The summed E-state index contributed by atoms with van der Waals surface area (Å²) >= 11 is 0. The normalized spacial score (nSPS) is 11.3. The van der Waals surface area contributed by atoms with E-state index in [9.17, 15) is 27.2 Å². The van der Waals surface area contributed by atoms with E-state index in [4.69, 9.17) is 0 Å². The number of hydrogen-bond donors (Lipinski definition) is 1. The minimum absolute atomic E-state index is 0.0476. The first-order chi connectivity index (χ1) is 13.7. The third-order valence-electron chi connectivity index (χ3n) is 3.77. The quantitative estimate of drug-likeness (QED) is 0.633. The van der Waals surface area contributed by atoms with E-state index in [2.05, 4.69) is 15.2 Å². The molecule has 0 unspecified atom stereocenters. The molecule has 1 aromatic heterocycles. The fraction of sp³-hybridized carbons (Fsp3) is 0.167. The van der Waals surface area contributed by atoms with Crippen molar-refractivity contribution < 1.29 is 27.1 Å². The van der Waals surface area contributed by atoms with Crippen molar-refractivity contribution in [2.24, 2.45) is 0 Å². The van der Waals surface area contributed by atoms with Crippen molar-refractivity contribution >= 4 is 5.91 Å². The highest BCUT2D eigenvalue weighted by atomic mass is 19.4. The average Bonchev–Trinajstić information content (AvgIpc) is 3.01. The van der Waals surface area contributed by atoms with Crippen molar-refractivity contribution in [1.29, 1.82) is 0 Å². The number of ether oxygens (including phenoxy) is 1.